The Balaban J connectivity index is 1.32. The van der Waals surface area contributed by atoms with E-state index in [0.717, 1.165) is 61.4 Å². The molecule has 2 bridgehead atoms. The molecule has 3 aliphatic heterocycles. The third kappa shape index (κ3) is 6.30. The Kier molecular flexibility index (Phi) is 8.73. The number of aromatic nitrogens is 2. The van der Waals surface area contributed by atoms with Gasteiger partial charge < -0.3 is 34.3 Å². The molecule has 2 N–H and O–H groups in total. The summed E-state index contributed by atoms with van der Waals surface area (Å²) in [7, 11) is 1.93. The third-order valence-electron chi connectivity index (χ3n) is 7.89. The summed E-state index contributed by atoms with van der Waals surface area (Å²) in [6.07, 6.45) is 3.07. The number of ether oxygens (including phenoxy) is 5. The number of anilines is 2. The molecule has 0 unspecified atom stereocenters. The Hall–Kier alpha value is -3.87. The summed E-state index contributed by atoms with van der Waals surface area (Å²) in [6, 6.07) is 7.37. The quantitative estimate of drug-likeness (QED) is 0.435. The van der Waals surface area contributed by atoms with Crippen molar-refractivity contribution in [3.63, 3.8) is 0 Å². The predicted octanol–water partition coefficient (Wildman–Crippen LogP) is 2.92. The van der Waals surface area contributed by atoms with E-state index in [0.29, 0.717) is 61.5 Å². The monoisotopic (exact) mass is 578 g/mol. The zero-order valence-corrected chi connectivity index (χ0v) is 24.2. The van der Waals surface area contributed by atoms with E-state index in [1.807, 2.05) is 43.1 Å². The highest BCUT2D eigenvalue weighted by atomic mass is 16.7. The van der Waals surface area contributed by atoms with Crippen LogP contribution in [0.15, 0.2) is 30.6 Å². The lowest BCUT2D eigenvalue weighted by Gasteiger charge is -2.26. The molecular weight excluding hydrogens is 540 g/mol. The van der Waals surface area contributed by atoms with Gasteiger partial charge in [-0.05, 0) is 44.5 Å². The molecule has 224 valence electrons. The normalized spacial score (nSPS) is 20.0. The average Bonchev–Trinajstić information content (AvgIpc) is 3.49. The summed E-state index contributed by atoms with van der Waals surface area (Å²) in [4.78, 5) is 26.4. The molecule has 3 aliphatic rings. The van der Waals surface area contributed by atoms with Crippen LogP contribution in [0.5, 0.6) is 23.0 Å². The minimum absolute atomic E-state index is 0.0383. The summed E-state index contributed by atoms with van der Waals surface area (Å²) in [5, 5.41) is 7.32. The molecule has 4 heterocycles. The highest BCUT2D eigenvalue weighted by molar-refractivity contribution is 5.94. The first kappa shape index (κ1) is 28.3. The fourth-order valence-corrected chi connectivity index (χ4v) is 5.30. The molecule has 1 aromatic heterocycles. The van der Waals surface area contributed by atoms with E-state index in [1.165, 1.54) is 6.33 Å². The van der Waals surface area contributed by atoms with Crippen LogP contribution >= 0.6 is 0 Å². The van der Waals surface area contributed by atoms with Gasteiger partial charge in [0.25, 0.3) is 0 Å². The summed E-state index contributed by atoms with van der Waals surface area (Å²) >= 11 is 0. The summed E-state index contributed by atoms with van der Waals surface area (Å²) in [6.45, 7) is 8.42. The summed E-state index contributed by atoms with van der Waals surface area (Å²) < 4.78 is 29.5. The number of morpholine rings is 1. The van der Waals surface area contributed by atoms with Gasteiger partial charge in [0.05, 0.1) is 43.7 Å². The van der Waals surface area contributed by atoms with Crippen LogP contribution in [-0.2, 0) is 16.1 Å². The molecule has 1 atom stereocenters. The lowest BCUT2D eigenvalue weighted by atomic mass is 10.1. The van der Waals surface area contributed by atoms with Gasteiger partial charge in [0.2, 0.25) is 12.7 Å². The lowest BCUT2D eigenvalue weighted by molar-refractivity contribution is -0.125. The number of hydrogen-bond acceptors (Lipinski definition) is 11. The van der Waals surface area contributed by atoms with Gasteiger partial charge in [0.15, 0.2) is 23.0 Å². The third-order valence-corrected chi connectivity index (χ3v) is 7.89. The van der Waals surface area contributed by atoms with Crippen molar-refractivity contribution in [2.75, 3.05) is 71.8 Å². The second kappa shape index (κ2) is 13.0. The van der Waals surface area contributed by atoms with E-state index in [1.54, 1.807) is 0 Å². The number of nitrogens with one attached hydrogen (secondary N) is 2. The standard InChI is InChI=1S/C30H38N6O6/c1-20-30(37)31-7-3-11-39-25-15-22-23(16-26(25)40-12-4-8-36-9-13-38-14-10-36)32-18-33-29(22)34-27-21(17-35(20)2)5-6-24-28(27)42-19-41-24/h5-6,15-16,18,20H,3-4,7-14,17,19H2,1-2H3,(H,31,37)(H,32,33,34)/t20-/m0/s1. The Morgan fingerprint density at radius 1 is 1.07 bits per heavy atom. The largest absolute Gasteiger partial charge is 0.490 e. The molecule has 0 aliphatic carbocycles. The molecule has 1 saturated heterocycles. The molecule has 12 nitrogen and oxygen atoms in total. The SMILES string of the molecule is C[C@H]1C(=O)NCCCOc2cc3c(ncnc3cc2OCCCN2CCOCC2)Nc2c(ccc3c2OCO3)CN1C. The maximum atomic E-state index is 12.9. The molecule has 0 saturated carbocycles. The molecule has 0 radical (unpaired) electrons. The molecule has 2 aromatic carbocycles. The second-order valence-corrected chi connectivity index (χ2v) is 10.7. The maximum Gasteiger partial charge on any atom is 0.237 e. The topological polar surface area (TPSA) is 120 Å². The van der Waals surface area contributed by atoms with Crippen molar-refractivity contribution < 1.29 is 28.5 Å². The van der Waals surface area contributed by atoms with Gasteiger partial charge in [-0.3, -0.25) is 14.6 Å². The van der Waals surface area contributed by atoms with E-state index in [9.17, 15) is 4.79 Å². The summed E-state index contributed by atoms with van der Waals surface area (Å²) in [5.41, 5.74) is 2.41. The fourth-order valence-electron chi connectivity index (χ4n) is 5.30. The van der Waals surface area contributed by atoms with E-state index >= 15 is 0 Å². The van der Waals surface area contributed by atoms with Crippen LogP contribution < -0.4 is 29.6 Å². The first-order valence-corrected chi connectivity index (χ1v) is 14.6. The second-order valence-electron chi connectivity index (χ2n) is 10.7. The highest BCUT2D eigenvalue weighted by Gasteiger charge is 2.25. The minimum atomic E-state index is -0.340. The molecule has 6 rings (SSSR count). The number of nitrogens with zero attached hydrogens (tertiary/aromatic N) is 4. The Morgan fingerprint density at radius 2 is 1.95 bits per heavy atom. The summed E-state index contributed by atoms with van der Waals surface area (Å²) in [5.74, 6) is 3.07. The Morgan fingerprint density at radius 3 is 2.83 bits per heavy atom. The van der Waals surface area contributed by atoms with Crippen LogP contribution in [0.2, 0.25) is 0 Å². The lowest BCUT2D eigenvalue weighted by Crippen LogP contribution is -2.43. The van der Waals surface area contributed by atoms with E-state index in [2.05, 4.69) is 25.5 Å². The van der Waals surface area contributed by atoms with E-state index < -0.39 is 0 Å². The van der Waals surface area contributed by atoms with Gasteiger partial charge in [0.1, 0.15) is 12.1 Å². The highest BCUT2D eigenvalue weighted by Crippen LogP contribution is 2.44. The number of rotatable bonds is 5. The molecule has 3 aromatic rings. The van der Waals surface area contributed by atoms with Gasteiger partial charge >= 0.3 is 0 Å². The average molecular weight is 579 g/mol. The molecule has 1 amide bonds. The number of benzene rings is 2. The number of amides is 1. The number of fused-ring (bicyclic) bond motifs is 4. The molecule has 0 spiro atoms. The van der Waals surface area contributed by atoms with Gasteiger partial charge in [-0.15, -0.1) is 0 Å². The van der Waals surface area contributed by atoms with Crippen molar-refractivity contribution in [1.29, 1.82) is 0 Å². The number of carbonyl (C=O) groups is 1. The number of carbonyl (C=O) groups excluding carboxylic acids is 1. The molecule has 42 heavy (non-hydrogen) atoms. The first-order chi connectivity index (χ1) is 20.6. The van der Waals surface area contributed by atoms with Crippen LogP contribution in [0.1, 0.15) is 25.3 Å². The van der Waals surface area contributed by atoms with E-state index in [4.69, 9.17) is 23.7 Å². The van der Waals surface area contributed by atoms with Crippen molar-refractivity contribution in [3.8, 4) is 23.0 Å². The molecular formula is C30H38N6O6. The van der Waals surface area contributed by atoms with Crippen LogP contribution in [-0.4, -0.2) is 98.2 Å². The van der Waals surface area contributed by atoms with E-state index in [-0.39, 0.29) is 18.7 Å². The van der Waals surface area contributed by atoms with Crippen molar-refractivity contribution in [2.24, 2.45) is 0 Å². The zero-order valence-electron chi connectivity index (χ0n) is 24.2. The van der Waals surface area contributed by atoms with Crippen molar-refractivity contribution in [1.82, 2.24) is 25.1 Å². The van der Waals surface area contributed by atoms with Crippen molar-refractivity contribution in [3.05, 3.63) is 36.2 Å². The van der Waals surface area contributed by atoms with Crippen molar-refractivity contribution in [2.45, 2.75) is 32.4 Å². The van der Waals surface area contributed by atoms with Crippen LogP contribution in [0.4, 0.5) is 11.5 Å². The Bertz CT molecular complexity index is 1410. The van der Waals surface area contributed by atoms with Crippen LogP contribution in [0, 0.1) is 0 Å². The number of likely N-dealkylation sites (N-methyl/N-ethyl adjacent to an activating group) is 1. The van der Waals surface area contributed by atoms with Gasteiger partial charge in [-0.1, -0.05) is 6.07 Å². The smallest absolute Gasteiger partial charge is 0.237 e. The van der Waals surface area contributed by atoms with Crippen molar-refractivity contribution >= 4 is 28.3 Å². The predicted molar refractivity (Wildman–Crippen MR) is 157 cm³/mol. The van der Waals surface area contributed by atoms with Crippen LogP contribution in [0.3, 0.4) is 0 Å². The molecule has 12 heteroatoms. The van der Waals surface area contributed by atoms with Gasteiger partial charge in [-0.2, -0.15) is 0 Å². The van der Waals surface area contributed by atoms with Crippen LogP contribution in [0.25, 0.3) is 10.9 Å². The first-order valence-electron chi connectivity index (χ1n) is 14.6. The Labute approximate surface area is 245 Å². The fraction of sp³-hybridized carbons (Fsp3) is 0.500. The van der Waals surface area contributed by atoms with Gasteiger partial charge in [0, 0.05) is 44.2 Å². The molecule has 1 fully saturated rings. The maximum absolute atomic E-state index is 12.9. The van der Waals surface area contributed by atoms with Gasteiger partial charge in [-0.25, -0.2) is 9.97 Å². The zero-order chi connectivity index (χ0) is 28.9. The number of hydrogen-bond donors (Lipinski definition) is 2. The minimum Gasteiger partial charge on any atom is -0.490 e.